The lowest BCUT2D eigenvalue weighted by Crippen LogP contribution is -2.30. The smallest absolute Gasteiger partial charge is 0.290 e. The zero-order valence-electron chi connectivity index (χ0n) is 23.3. The quantitative estimate of drug-likeness (QED) is 0.190. The summed E-state index contributed by atoms with van der Waals surface area (Å²) in [6, 6.07) is 12.9. The van der Waals surface area contributed by atoms with Crippen LogP contribution in [0.4, 0.5) is 5.69 Å². The summed E-state index contributed by atoms with van der Waals surface area (Å²) >= 11 is 6.34. The van der Waals surface area contributed by atoms with Crippen molar-refractivity contribution in [2.75, 3.05) is 38.2 Å². The standard InChI is InChI=1S/C30H41ClN2O2.CH2O2/c1-5-12-24-20-26(31)14-15-27(24)25-21-33(28-19-23(3)13-16-29(28)35-22-25)18-11-9-7-8-10-17-32(4)30(34)6-2;2-1-3/h8,10,13-16,19-20,25H,5-7,9,11-12,17-18,21-22H2,1-4H3;1H,(H,2,3)/b10-8+;. The van der Waals surface area contributed by atoms with Gasteiger partial charge in [0.15, 0.2) is 0 Å². The van der Waals surface area contributed by atoms with Gasteiger partial charge in [0, 0.05) is 44.0 Å². The van der Waals surface area contributed by atoms with Crippen molar-refractivity contribution in [1.82, 2.24) is 4.90 Å². The Hall–Kier alpha value is -2.99. The van der Waals surface area contributed by atoms with Crippen LogP contribution in [-0.2, 0) is 16.0 Å². The number of ether oxygens (including phenoxy) is 1. The molecule has 1 amide bonds. The molecule has 2 aromatic rings. The van der Waals surface area contributed by atoms with Crippen LogP contribution in [0.25, 0.3) is 0 Å². The number of likely N-dealkylation sites (N-methyl/N-ethyl adjacent to an activating group) is 1. The summed E-state index contributed by atoms with van der Waals surface area (Å²) in [6.07, 6.45) is 10.3. The minimum atomic E-state index is -0.250. The number of fused-ring (bicyclic) bond motifs is 1. The van der Waals surface area contributed by atoms with Crippen molar-refractivity contribution in [3.05, 3.63) is 70.3 Å². The molecular formula is C31H43ClN2O4. The molecule has 0 saturated heterocycles. The summed E-state index contributed by atoms with van der Waals surface area (Å²) in [5, 5.41) is 7.70. The van der Waals surface area contributed by atoms with Crippen molar-refractivity contribution in [3.63, 3.8) is 0 Å². The highest BCUT2D eigenvalue weighted by Crippen LogP contribution is 2.37. The monoisotopic (exact) mass is 542 g/mol. The molecule has 3 rings (SSSR count). The van der Waals surface area contributed by atoms with Crippen molar-refractivity contribution >= 4 is 29.7 Å². The molecule has 208 valence electrons. The van der Waals surface area contributed by atoms with Crippen LogP contribution in [0.15, 0.2) is 48.6 Å². The number of carboxylic acid groups (broad SMARTS) is 1. The molecule has 1 atom stereocenters. The number of benzene rings is 2. The van der Waals surface area contributed by atoms with E-state index in [1.54, 1.807) is 4.90 Å². The molecule has 1 heterocycles. The number of halogens is 1. The Bertz CT molecular complexity index is 1060. The van der Waals surface area contributed by atoms with Crippen molar-refractivity contribution in [2.45, 2.75) is 65.2 Å². The van der Waals surface area contributed by atoms with Crippen LogP contribution in [0.1, 0.15) is 68.6 Å². The summed E-state index contributed by atoms with van der Waals surface area (Å²) in [5.74, 6) is 1.46. The first-order valence-corrected chi connectivity index (χ1v) is 14.0. The first kappa shape index (κ1) is 31.2. The van der Waals surface area contributed by atoms with E-state index in [2.05, 4.69) is 61.2 Å². The molecule has 38 heavy (non-hydrogen) atoms. The van der Waals surface area contributed by atoms with Crippen LogP contribution in [-0.4, -0.2) is 55.7 Å². The summed E-state index contributed by atoms with van der Waals surface area (Å²) < 4.78 is 6.36. The third-order valence-corrected chi connectivity index (χ3v) is 6.96. The van der Waals surface area contributed by atoms with Gasteiger partial charge < -0.3 is 19.6 Å². The van der Waals surface area contributed by atoms with Crippen LogP contribution in [0, 0.1) is 6.92 Å². The molecule has 0 fully saturated rings. The number of unbranched alkanes of at least 4 members (excludes halogenated alkanes) is 2. The average molecular weight is 543 g/mol. The fourth-order valence-corrected chi connectivity index (χ4v) is 4.94. The zero-order chi connectivity index (χ0) is 27.9. The topological polar surface area (TPSA) is 70.1 Å². The SMILES string of the molecule is CCCc1cc(Cl)ccc1C1COc2ccc(C)cc2N(CCCC/C=C/CN(C)C(=O)CC)C1.O=CO. The van der Waals surface area contributed by atoms with Gasteiger partial charge in [-0.05, 0) is 73.6 Å². The maximum absolute atomic E-state index is 11.7. The minimum Gasteiger partial charge on any atom is -0.491 e. The van der Waals surface area contributed by atoms with Gasteiger partial charge in [-0.2, -0.15) is 0 Å². The molecule has 1 unspecified atom stereocenters. The molecule has 6 nitrogen and oxygen atoms in total. The lowest BCUT2D eigenvalue weighted by Gasteiger charge is -2.28. The number of nitrogens with zero attached hydrogens (tertiary/aromatic N) is 2. The third kappa shape index (κ3) is 9.71. The second kappa shape index (κ2) is 16.8. The molecule has 2 aromatic carbocycles. The van der Waals surface area contributed by atoms with Crippen molar-refractivity contribution in [3.8, 4) is 5.75 Å². The van der Waals surface area contributed by atoms with E-state index in [4.69, 9.17) is 26.2 Å². The number of aryl methyl sites for hydroxylation is 2. The molecule has 0 bridgehead atoms. The fourth-order valence-electron chi connectivity index (χ4n) is 4.75. The molecule has 1 aliphatic heterocycles. The first-order chi connectivity index (χ1) is 18.3. The van der Waals surface area contributed by atoms with Crippen LogP contribution in [0.2, 0.25) is 5.02 Å². The third-order valence-electron chi connectivity index (χ3n) is 6.72. The van der Waals surface area contributed by atoms with Crippen LogP contribution >= 0.6 is 11.6 Å². The van der Waals surface area contributed by atoms with E-state index in [1.807, 2.05) is 20.0 Å². The van der Waals surface area contributed by atoms with Gasteiger partial charge in [-0.25, -0.2) is 0 Å². The fraction of sp³-hybridized carbons (Fsp3) is 0.484. The maximum Gasteiger partial charge on any atom is 0.290 e. The predicted molar refractivity (Wildman–Crippen MR) is 157 cm³/mol. The molecule has 0 aromatic heterocycles. The number of carbonyl (C=O) groups excluding carboxylic acids is 1. The van der Waals surface area contributed by atoms with Gasteiger partial charge in [0.2, 0.25) is 5.91 Å². The Morgan fingerprint density at radius 2 is 1.95 bits per heavy atom. The number of rotatable bonds is 11. The van der Waals surface area contributed by atoms with Crippen molar-refractivity contribution in [1.29, 1.82) is 0 Å². The Balaban J connectivity index is 0.00000161. The molecule has 0 aliphatic carbocycles. The van der Waals surface area contributed by atoms with E-state index in [0.29, 0.717) is 25.5 Å². The van der Waals surface area contributed by atoms with Crippen molar-refractivity contribution < 1.29 is 19.4 Å². The average Bonchev–Trinajstić information content (AvgIpc) is 3.07. The Kier molecular flexibility index (Phi) is 13.8. The van der Waals surface area contributed by atoms with Gasteiger partial charge >= 0.3 is 0 Å². The van der Waals surface area contributed by atoms with E-state index in [1.165, 1.54) is 22.4 Å². The Morgan fingerprint density at radius 1 is 1.18 bits per heavy atom. The highest BCUT2D eigenvalue weighted by molar-refractivity contribution is 6.30. The van der Waals surface area contributed by atoms with Crippen LogP contribution in [0.3, 0.4) is 0 Å². The molecule has 0 radical (unpaired) electrons. The lowest BCUT2D eigenvalue weighted by atomic mass is 9.92. The first-order valence-electron chi connectivity index (χ1n) is 13.6. The lowest BCUT2D eigenvalue weighted by molar-refractivity contribution is -0.129. The molecule has 0 saturated carbocycles. The van der Waals surface area contributed by atoms with Gasteiger partial charge in [-0.15, -0.1) is 0 Å². The maximum atomic E-state index is 11.7. The Labute approximate surface area is 233 Å². The second-order valence-corrected chi connectivity index (χ2v) is 10.2. The van der Waals surface area contributed by atoms with Crippen LogP contribution < -0.4 is 9.64 Å². The van der Waals surface area contributed by atoms with Gasteiger partial charge in [0.05, 0.1) is 12.3 Å². The highest BCUT2D eigenvalue weighted by Gasteiger charge is 2.25. The predicted octanol–water partition coefficient (Wildman–Crippen LogP) is 6.88. The number of hydrogen-bond acceptors (Lipinski definition) is 4. The Morgan fingerprint density at radius 3 is 2.66 bits per heavy atom. The van der Waals surface area contributed by atoms with Gasteiger partial charge in [-0.1, -0.05) is 56.2 Å². The normalized spacial score (nSPS) is 14.7. The largest absolute Gasteiger partial charge is 0.491 e. The summed E-state index contributed by atoms with van der Waals surface area (Å²) in [4.78, 5) is 24.3. The molecular weight excluding hydrogens is 500 g/mol. The second-order valence-electron chi connectivity index (χ2n) is 9.72. The molecule has 1 N–H and O–H groups in total. The van der Waals surface area contributed by atoms with E-state index in [-0.39, 0.29) is 12.4 Å². The number of carbonyl (C=O) groups is 2. The summed E-state index contributed by atoms with van der Waals surface area (Å²) in [7, 11) is 1.86. The van der Waals surface area contributed by atoms with Crippen molar-refractivity contribution in [2.24, 2.45) is 0 Å². The minimum absolute atomic E-state index is 0.185. The van der Waals surface area contributed by atoms with Gasteiger partial charge in [0.25, 0.3) is 6.47 Å². The zero-order valence-corrected chi connectivity index (χ0v) is 24.0. The summed E-state index contributed by atoms with van der Waals surface area (Å²) in [5.41, 5.74) is 5.16. The van der Waals surface area contributed by atoms with Crippen LogP contribution in [0.5, 0.6) is 5.75 Å². The van der Waals surface area contributed by atoms with E-state index in [9.17, 15) is 4.79 Å². The number of amides is 1. The van der Waals surface area contributed by atoms with Gasteiger partial charge in [-0.3, -0.25) is 9.59 Å². The highest BCUT2D eigenvalue weighted by atomic mass is 35.5. The van der Waals surface area contributed by atoms with Gasteiger partial charge in [0.1, 0.15) is 5.75 Å². The molecule has 0 spiro atoms. The number of hydrogen-bond donors (Lipinski definition) is 1. The molecule has 1 aliphatic rings. The molecule has 7 heteroatoms. The number of anilines is 1. The summed E-state index contributed by atoms with van der Waals surface area (Å²) in [6.45, 7) is 9.31. The number of allylic oxidation sites excluding steroid dienone is 1. The van der Waals surface area contributed by atoms with E-state index in [0.717, 1.165) is 56.0 Å². The van der Waals surface area contributed by atoms with E-state index < -0.39 is 0 Å². The van der Waals surface area contributed by atoms with E-state index >= 15 is 0 Å².